The van der Waals surface area contributed by atoms with Gasteiger partial charge in [-0.1, -0.05) is 36.4 Å². The summed E-state index contributed by atoms with van der Waals surface area (Å²) in [5.74, 6) is -0.860. The van der Waals surface area contributed by atoms with Crippen molar-refractivity contribution in [3.8, 4) is 0 Å². The Morgan fingerprint density at radius 3 is 2.54 bits per heavy atom. The van der Waals surface area contributed by atoms with Gasteiger partial charge in [-0.2, -0.15) is 0 Å². The lowest BCUT2D eigenvalue weighted by molar-refractivity contribution is -0.145. The number of hydrogen-bond acceptors (Lipinski definition) is 6. The maximum Gasteiger partial charge on any atom is 0.409 e. The summed E-state index contributed by atoms with van der Waals surface area (Å²) in [5, 5.41) is 7.58. The number of rotatable bonds is 6. The second kappa shape index (κ2) is 11.2. The van der Waals surface area contributed by atoms with Crippen molar-refractivity contribution in [1.82, 2.24) is 20.0 Å². The molecule has 2 fully saturated rings. The van der Waals surface area contributed by atoms with Crippen molar-refractivity contribution in [3.05, 3.63) is 42.5 Å². The third kappa shape index (κ3) is 5.89. The summed E-state index contributed by atoms with van der Waals surface area (Å²) in [6.07, 6.45) is -0.472. The molecule has 2 heterocycles. The first kappa shape index (κ1) is 24.5. The molecule has 0 aliphatic carbocycles. The van der Waals surface area contributed by atoms with E-state index in [0.29, 0.717) is 51.6 Å². The van der Waals surface area contributed by atoms with E-state index in [1.54, 1.807) is 11.8 Å². The minimum Gasteiger partial charge on any atom is -0.450 e. The van der Waals surface area contributed by atoms with Gasteiger partial charge in [-0.05, 0) is 18.4 Å². The summed E-state index contributed by atoms with van der Waals surface area (Å²) >= 11 is 0. The Balaban J connectivity index is 1.36. The van der Waals surface area contributed by atoms with E-state index in [0.717, 1.165) is 10.8 Å². The fourth-order valence-electron chi connectivity index (χ4n) is 4.51. The van der Waals surface area contributed by atoms with E-state index in [1.165, 1.54) is 4.90 Å². The number of amides is 4. The lowest BCUT2D eigenvalue weighted by atomic mass is 10.1. The lowest BCUT2D eigenvalue weighted by Crippen LogP contribution is -2.60. The maximum absolute atomic E-state index is 13.1. The van der Waals surface area contributed by atoms with Gasteiger partial charge in [0.25, 0.3) is 0 Å². The zero-order valence-electron chi connectivity index (χ0n) is 19.9. The van der Waals surface area contributed by atoms with Crippen LogP contribution in [0.4, 0.5) is 10.5 Å². The molecule has 0 saturated carbocycles. The Morgan fingerprint density at radius 2 is 1.77 bits per heavy atom. The summed E-state index contributed by atoms with van der Waals surface area (Å²) in [5.41, 5.74) is 0.668. The van der Waals surface area contributed by atoms with Crippen LogP contribution in [0.2, 0.25) is 0 Å². The third-order valence-electron chi connectivity index (χ3n) is 6.35. The Bertz CT molecular complexity index is 1090. The molecular formula is C25H31N5O5. The molecule has 0 bridgehead atoms. The minimum atomic E-state index is -0.868. The second-order valence-electron chi connectivity index (χ2n) is 8.64. The number of benzene rings is 2. The molecule has 2 N–H and O–H groups in total. The van der Waals surface area contributed by atoms with Crippen molar-refractivity contribution in [2.45, 2.75) is 19.4 Å². The second-order valence-corrected chi connectivity index (χ2v) is 8.64. The molecule has 186 valence electrons. The van der Waals surface area contributed by atoms with Gasteiger partial charge in [-0.25, -0.2) is 4.79 Å². The minimum absolute atomic E-state index is 0.128. The predicted molar refractivity (Wildman–Crippen MR) is 131 cm³/mol. The van der Waals surface area contributed by atoms with E-state index in [4.69, 9.17) is 4.74 Å². The maximum atomic E-state index is 13.1. The van der Waals surface area contributed by atoms with Crippen molar-refractivity contribution >= 4 is 40.3 Å². The molecule has 0 spiro atoms. The summed E-state index contributed by atoms with van der Waals surface area (Å²) in [7, 11) is 0. The zero-order valence-corrected chi connectivity index (χ0v) is 19.9. The van der Waals surface area contributed by atoms with Crippen LogP contribution in [0.3, 0.4) is 0 Å². The number of fused-ring (bicyclic) bond motifs is 1. The average molecular weight is 482 g/mol. The smallest absolute Gasteiger partial charge is 0.409 e. The van der Waals surface area contributed by atoms with Crippen LogP contribution in [0.5, 0.6) is 0 Å². The van der Waals surface area contributed by atoms with Gasteiger partial charge in [0.15, 0.2) is 0 Å². The van der Waals surface area contributed by atoms with Crippen LogP contribution in [0, 0.1) is 0 Å². The van der Waals surface area contributed by atoms with Crippen LogP contribution in [0.15, 0.2) is 42.5 Å². The van der Waals surface area contributed by atoms with Crippen LogP contribution in [0.1, 0.15) is 13.3 Å². The normalized spacial score (nSPS) is 18.8. The van der Waals surface area contributed by atoms with Crippen LogP contribution in [0.25, 0.3) is 10.8 Å². The van der Waals surface area contributed by atoms with E-state index in [-0.39, 0.29) is 36.8 Å². The molecule has 35 heavy (non-hydrogen) atoms. The summed E-state index contributed by atoms with van der Waals surface area (Å²) < 4.78 is 5.03. The van der Waals surface area contributed by atoms with Crippen LogP contribution >= 0.6 is 0 Å². The highest BCUT2D eigenvalue weighted by atomic mass is 16.6. The number of anilines is 1. The van der Waals surface area contributed by atoms with Crippen LogP contribution in [-0.4, -0.2) is 97.0 Å². The standard InChI is InChI=1S/C25H31N5O5/c1-2-35-25(34)29-14-12-28(13-15-29)17-23(32)30-11-10-26-24(33)21(30)16-22(31)27-20-9-5-7-18-6-3-4-8-19(18)20/h3-9,21H,2,10-17H2,1H3,(H,26,33)(H,27,31). The summed E-state index contributed by atoms with van der Waals surface area (Å²) in [4.78, 5) is 55.6. The summed E-state index contributed by atoms with van der Waals surface area (Å²) in [6.45, 7) is 4.94. The fourth-order valence-corrected chi connectivity index (χ4v) is 4.51. The number of ether oxygens (including phenoxy) is 1. The highest BCUT2D eigenvalue weighted by Gasteiger charge is 2.35. The Labute approximate surface area is 204 Å². The first-order valence-corrected chi connectivity index (χ1v) is 11.9. The van der Waals surface area contributed by atoms with E-state index < -0.39 is 6.04 Å². The topological polar surface area (TPSA) is 111 Å². The molecule has 1 unspecified atom stereocenters. The van der Waals surface area contributed by atoms with Gasteiger partial charge in [0.05, 0.1) is 19.6 Å². The van der Waals surface area contributed by atoms with E-state index >= 15 is 0 Å². The molecule has 4 amide bonds. The molecule has 10 heteroatoms. The SMILES string of the molecule is CCOC(=O)N1CCN(CC(=O)N2CCNC(=O)C2CC(=O)Nc2cccc3ccccc23)CC1. The van der Waals surface area contributed by atoms with Crippen molar-refractivity contribution in [2.24, 2.45) is 0 Å². The molecule has 2 aromatic carbocycles. The predicted octanol–water partition coefficient (Wildman–Crippen LogP) is 1.27. The average Bonchev–Trinajstić information content (AvgIpc) is 2.86. The van der Waals surface area contributed by atoms with Crippen molar-refractivity contribution in [3.63, 3.8) is 0 Å². The Morgan fingerprint density at radius 1 is 1.03 bits per heavy atom. The number of nitrogens with one attached hydrogen (secondary N) is 2. The highest BCUT2D eigenvalue weighted by Crippen LogP contribution is 2.23. The van der Waals surface area contributed by atoms with E-state index in [9.17, 15) is 19.2 Å². The van der Waals surface area contributed by atoms with Gasteiger partial charge in [0, 0.05) is 50.3 Å². The number of piperazine rings is 2. The van der Waals surface area contributed by atoms with Crippen molar-refractivity contribution < 1.29 is 23.9 Å². The van der Waals surface area contributed by atoms with Crippen LogP contribution < -0.4 is 10.6 Å². The molecule has 0 radical (unpaired) electrons. The van der Waals surface area contributed by atoms with E-state index in [2.05, 4.69) is 10.6 Å². The van der Waals surface area contributed by atoms with Gasteiger partial charge in [0.2, 0.25) is 17.7 Å². The molecule has 1 atom stereocenters. The van der Waals surface area contributed by atoms with Gasteiger partial charge in [0.1, 0.15) is 6.04 Å². The van der Waals surface area contributed by atoms with Gasteiger partial charge < -0.3 is 25.2 Å². The van der Waals surface area contributed by atoms with Gasteiger partial charge in [-0.3, -0.25) is 19.3 Å². The Kier molecular flexibility index (Phi) is 7.81. The molecule has 2 aliphatic heterocycles. The highest BCUT2D eigenvalue weighted by molar-refractivity contribution is 6.04. The van der Waals surface area contributed by atoms with E-state index in [1.807, 2.05) is 47.4 Å². The fraction of sp³-hybridized carbons (Fsp3) is 0.440. The first-order chi connectivity index (χ1) is 17.0. The van der Waals surface area contributed by atoms with Crippen LogP contribution in [-0.2, 0) is 19.1 Å². The van der Waals surface area contributed by atoms with Gasteiger partial charge >= 0.3 is 6.09 Å². The van der Waals surface area contributed by atoms with Crippen molar-refractivity contribution in [1.29, 1.82) is 0 Å². The monoisotopic (exact) mass is 481 g/mol. The molecule has 2 aliphatic rings. The molecule has 4 rings (SSSR count). The number of carbonyl (C=O) groups is 4. The summed E-state index contributed by atoms with van der Waals surface area (Å²) in [6, 6.07) is 12.5. The van der Waals surface area contributed by atoms with Gasteiger partial charge in [-0.15, -0.1) is 0 Å². The molecule has 10 nitrogen and oxygen atoms in total. The number of hydrogen-bond donors (Lipinski definition) is 2. The zero-order chi connectivity index (χ0) is 24.8. The molecule has 2 aromatic rings. The number of carbonyl (C=O) groups excluding carboxylic acids is 4. The lowest BCUT2D eigenvalue weighted by Gasteiger charge is -2.38. The molecule has 0 aromatic heterocycles. The largest absolute Gasteiger partial charge is 0.450 e. The van der Waals surface area contributed by atoms with Crippen molar-refractivity contribution in [2.75, 3.05) is 57.7 Å². The molecule has 2 saturated heterocycles. The first-order valence-electron chi connectivity index (χ1n) is 11.9. The quantitative estimate of drug-likeness (QED) is 0.643. The third-order valence-corrected chi connectivity index (χ3v) is 6.35. The molecular weight excluding hydrogens is 450 g/mol. The Hall–Kier alpha value is -3.66. The number of nitrogens with zero attached hydrogens (tertiary/aromatic N) is 3.